The van der Waals surface area contributed by atoms with Crippen molar-refractivity contribution in [2.45, 2.75) is 20.5 Å². The van der Waals surface area contributed by atoms with E-state index in [0.717, 1.165) is 11.1 Å². The number of benzene rings is 1. The Morgan fingerprint density at radius 2 is 1.72 bits per heavy atom. The SMILES string of the molecule is Cc1cc(Cl)cc(C)c1Oc1ncc(CO)cn1. The first-order valence-corrected chi connectivity index (χ1v) is 5.84. The summed E-state index contributed by atoms with van der Waals surface area (Å²) in [5.41, 5.74) is 2.50. The van der Waals surface area contributed by atoms with Crippen molar-refractivity contribution in [2.75, 3.05) is 0 Å². The average molecular weight is 265 g/mol. The molecule has 0 saturated heterocycles. The molecule has 1 N–H and O–H groups in total. The third-order valence-electron chi connectivity index (χ3n) is 2.48. The number of hydrogen-bond donors (Lipinski definition) is 1. The topological polar surface area (TPSA) is 55.2 Å². The maximum absolute atomic E-state index is 8.90. The highest BCUT2D eigenvalue weighted by Gasteiger charge is 2.08. The number of nitrogens with zero attached hydrogens (tertiary/aromatic N) is 2. The van der Waals surface area contributed by atoms with E-state index in [1.165, 1.54) is 12.4 Å². The van der Waals surface area contributed by atoms with Crippen molar-refractivity contribution in [2.24, 2.45) is 0 Å². The number of aliphatic hydroxyl groups excluding tert-OH is 1. The first-order chi connectivity index (χ1) is 8.60. The molecule has 94 valence electrons. The number of hydrogen-bond acceptors (Lipinski definition) is 4. The molecule has 0 aliphatic carbocycles. The molecule has 0 bridgehead atoms. The number of rotatable bonds is 3. The second kappa shape index (κ2) is 5.33. The molecule has 1 aromatic carbocycles. The second-order valence-electron chi connectivity index (χ2n) is 4.00. The maximum atomic E-state index is 8.90. The van der Waals surface area contributed by atoms with Crippen LogP contribution in [0.2, 0.25) is 5.02 Å². The van der Waals surface area contributed by atoms with Crippen molar-refractivity contribution in [3.8, 4) is 11.8 Å². The molecule has 0 radical (unpaired) electrons. The van der Waals surface area contributed by atoms with Crippen molar-refractivity contribution in [1.82, 2.24) is 9.97 Å². The molecule has 0 atom stereocenters. The fourth-order valence-electron chi connectivity index (χ4n) is 1.63. The van der Waals surface area contributed by atoms with Crippen molar-refractivity contribution in [3.05, 3.63) is 46.2 Å². The molecule has 0 aliphatic rings. The van der Waals surface area contributed by atoms with Crippen molar-refractivity contribution in [3.63, 3.8) is 0 Å². The van der Waals surface area contributed by atoms with Crippen LogP contribution >= 0.6 is 11.6 Å². The van der Waals surface area contributed by atoms with E-state index in [1.807, 2.05) is 26.0 Å². The Kier molecular flexibility index (Phi) is 3.79. The molecular formula is C13H13ClN2O2. The van der Waals surface area contributed by atoms with Gasteiger partial charge in [0.1, 0.15) is 5.75 Å². The molecule has 4 nitrogen and oxygen atoms in total. The van der Waals surface area contributed by atoms with Crippen LogP contribution in [0.4, 0.5) is 0 Å². The van der Waals surface area contributed by atoms with Gasteiger partial charge in [0.25, 0.3) is 0 Å². The molecule has 1 aromatic heterocycles. The fourth-order valence-corrected chi connectivity index (χ4v) is 1.95. The van der Waals surface area contributed by atoms with Gasteiger partial charge in [0, 0.05) is 23.0 Å². The standard InChI is InChI=1S/C13H13ClN2O2/c1-8-3-11(14)4-9(2)12(8)18-13-15-5-10(7-17)6-16-13/h3-6,17H,7H2,1-2H3. The Labute approximate surface area is 110 Å². The summed E-state index contributed by atoms with van der Waals surface area (Å²) in [6.45, 7) is 3.74. The van der Waals surface area contributed by atoms with Gasteiger partial charge in [-0.1, -0.05) is 11.6 Å². The van der Waals surface area contributed by atoms with Gasteiger partial charge in [-0.2, -0.15) is 0 Å². The molecule has 0 unspecified atom stereocenters. The molecular weight excluding hydrogens is 252 g/mol. The minimum atomic E-state index is -0.0840. The van der Waals surface area contributed by atoms with Crippen LogP contribution in [0, 0.1) is 13.8 Å². The highest BCUT2D eigenvalue weighted by atomic mass is 35.5. The first kappa shape index (κ1) is 12.8. The van der Waals surface area contributed by atoms with Crippen LogP contribution in [0.25, 0.3) is 0 Å². The van der Waals surface area contributed by atoms with Gasteiger partial charge in [0.05, 0.1) is 6.61 Å². The number of ether oxygens (including phenoxy) is 1. The van der Waals surface area contributed by atoms with Gasteiger partial charge in [-0.25, -0.2) is 9.97 Å². The molecule has 0 fully saturated rings. The predicted molar refractivity (Wildman–Crippen MR) is 69.0 cm³/mol. The average Bonchev–Trinajstić information content (AvgIpc) is 2.34. The summed E-state index contributed by atoms with van der Waals surface area (Å²) in [5, 5.41) is 9.58. The summed E-state index contributed by atoms with van der Waals surface area (Å²) < 4.78 is 5.63. The van der Waals surface area contributed by atoms with Gasteiger partial charge in [0.15, 0.2) is 0 Å². The lowest BCUT2D eigenvalue weighted by atomic mass is 10.1. The van der Waals surface area contributed by atoms with Gasteiger partial charge in [-0.05, 0) is 37.1 Å². The zero-order chi connectivity index (χ0) is 13.1. The van der Waals surface area contributed by atoms with E-state index in [9.17, 15) is 0 Å². The number of aromatic nitrogens is 2. The molecule has 5 heteroatoms. The third kappa shape index (κ3) is 2.78. The number of aryl methyl sites for hydroxylation is 2. The molecule has 0 saturated carbocycles. The lowest BCUT2D eigenvalue weighted by molar-refractivity contribution is 0.280. The van der Waals surface area contributed by atoms with Crippen LogP contribution in [0.15, 0.2) is 24.5 Å². The minimum absolute atomic E-state index is 0.0840. The van der Waals surface area contributed by atoms with Gasteiger partial charge in [-0.3, -0.25) is 0 Å². The Morgan fingerprint density at radius 1 is 1.17 bits per heavy atom. The van der Waals surface area contributed by atoms with Gasteiger partial charge in [0.2, 0.25) is 0 Å². The summed E-state index contributed by atoms with van der Waals surface area (Å²) in [6, 6.07) is 3.90. The zero-order valence-corrected chi connectivity index (χ0v) is 10.9. The lowest BCUT2D eigenvalue weighted by Crippen LogP contribution is -1.97. The van der Waals surface area contributed by atoms with Crippen LogP contribution in [0.5, 0.6) is 11.8 Å². The first-order valence-electron chi connectivity index (χ1n) is 5.46. The normalized spacial score (nSPS) is 10.4. The smallest absolute Gasteiger partial charge is 0.321 e. The van der Waals surface area contributed by atoms with Crippen LogP contribution in [-0.4, -0.2) is 15.1 Å². The van der Waals surface area contributed by atoms with Crippen molar-refractivity contribution < 1.29 is 9.84 Å². The van der Waals surface area contributed by atoms with Gasteiger partial charge in [-0.15, -0.1) is 0 Å². The van der Waals surface area contributed by atoms with Crippen LogP contribution in [-0.2, 0) is 6.61 Å². The molecule has 2 rings (SSSR count). The molecule has 18 heavy (non-hydrogen) atoms. The third-order valence-corrected chi connectivity index (χ3v) is 2.70. The lowest BCUT2D eigenvalue weighted by Gasteiger charge is -2.10. The van der Waals surface area contributed by atoms with Crippen molar-refractivity contribution >= 4 is 11.6 Å². The predicted octanol–water partition coefficient (Wildman–Crippen LogP) is 3.03. The summed E-state index contributed by atoms with van der Waals surface area (Å²) in [5.74, 6) is 0.705. The van der Waals surface area contributed by atoms with E-state index in [1.54, 1.807) is 0 Å². The number of halogens is 1. The summed E-state index contributed by atoms with van der Waals surface area (Å²) >= 11 is 5.95. The number of aliphatic hydroxyl groups is 1. The van der Waals surface area contributed by atoms with Crippen molar-refractivity contribution in [1.29, 1.82) is 0 Å². The van der Waals surface area contributed by atoms with E-state index in [4.69, 9.17) is 21.4 Å². The summed E-state index contributed by atoms with van der Waals surface area (Å²) in [6.07, 6.45) is 3.06. The Balaban J connectivity index is 2.28. The summed E-state index contributed by atoms with van der Waals surface area (Å²) in [7, 11) is 0. The summed E-state index contributed by atoms with van der Waals surface area (Å²) in [4.78, 5) is 8.05. The fraction of sp³-hybridized carbons (Fsp3) is 0.231. The van der Waals surface area contributed by atoms with Crippen LogP contribution in [0.3, 0.4) is 0 Å². The van der Waals surface area contributed by atoms with Crippen LogP contribution in [0.1, 0.15) is 16.7 Å². The van der Waals surface area contributed by atoms with Gasteiger partial charge < -0.3 is 9.84 Å². The Morgan fingerprint density at radius 3 is 2.22 bits per heavy atom. The molecule has 2 aromatic rings. The molecule has 1 heterocycles. The highest BCUT2D eigenvalue weighted by molar-refractivity contribution is 6.30. The van der Waals surface area contributed by atoms with E-state index in [-0.39, 0.29) is 12.6 Å². The van der Waals surface area contributed by atoms with E-state index in [2.05, 4.69) is 9.97 Å². The monoisotopic (exact) mass is 264 g/mol. The van der Waals surface area contributed by atoms with Crippen LogP contribution < -0.4 is 4.74 Å². The van der Waals surface area contributed by atoms with E-state index in [0.29, 0.717) is 16.3 Å². The minimum Gasteiger partial charge on any atom is -0.424 e. The highest BCUT2D eigenvalue weighted by Crippen LogP contribution is 2.29. The molecule has 0 amide bonds. The van der Waals surface area contributed by atoms with E-state index >= 15 is 0 Å². The second-order valence-corrected chi connectivity index (χ2v) is 4.44. The largest absolute Gasteiger partial charge is 0.424 e. The van der Waals surface area contributed by atoms with Gasteiger partial charge >= 0.3 is 6.01 Å². The Hall–Kier alpha value is -1.65. The quantitative estimate of drug-likeness (QED) is 0.926. The zero-order valence-electron chi connectivity index (χ0n) is 10.1. The molecule has 0 spiro atoms. The Bertz CT molecular complexity index is 532. The van der Waals surface area contributed by atoms with E-state index < -0.39 is 0 Å². The molecule has 0 aliphatic heterocycles. The maximum Gasteiger partial charge on any atom is 0.321 e.